The minimum absolute atomic E-state index is 0.288. The summed E-state index contributed by atoms with van der Waals surface area (Å²) in [6.45, 7) is 2.57. The van der Waals surface area contributed by atoms with Gasteiger partial charge in [-0.05, 0) is 12.5 Å². The van der Waals surface area contributed by atoms with Crippen molar-refractivity contribution < 1.29 is 8.42 Å². The third-order valence-corrected chi connectivity index (χ3v) is 4.85. The molecule has 0 aromatic carbocycles. The first-order valence-corrected chi connectivity index (χ1v) is 7.26. The van der Waals surface area contributed by atoms with E-state index in [4.69, 9.17) is 5.73 Å². The lowest BCUT2D eigenvalue weighted by atomic mass is 10.3. The lowest BCUT2D eigenvalue weighted by Crippen LogP contribution is -2.23. The van der Waals surface area contributed by atoms with E-state index in [1.807, 2.05) is 0 Å². The number of rotatable bonds is 6. The van der Waals surface area contributed by atoms with E-state index in [-0.39, 0.29) is 4.21 Å². The zero-order valence-electron chi connectivity index (χ0n) is 8.69. The first-order chi connectivity index (χ1) is 7.06. The van der Waals surface area contributed by atoms with Crippen LogP contribution in [0.25, 0.3) is 0 Å². The summed E-state index contributed by atoms with van der Waals surface area (Å²) in [5.41, 5.74) is 5.96. The predicted molar refractivity (Wildman–Crippen MR) is 63.4 cm³/mol. The van der Waals surface area contributed by atoms with Gasteiger partial charge in [-0.1, -0.05) is 19.8 Å². The van der Waals surface area contributed by atoms with Crippen molar-refractivity contribution in [2.24, 2.45) is 0 Å². The standard InChI is InChI=1S/C9H16N2O2S2/c1-2-3-4-5-11-15(12,13)9-6-8(10)7-14-9/h6-7,11H,2-5,10H2,1H3. The van der Waals surface area contributed by atoms with Crippen LogP contribution < -0.4 is 10.5 Å². The molecule has 1 aromatic heterocycles. The van der Waals surface area contributed by atoms with Crippen molar-refractivity contribution in [1.82, 2.24) is 4.72 Å². The fourth-order valence-corrected chi connectivity index (χ4v) is 3.32. The molecule has 0 saturated heterocycles. The summed E-state index contributed by atoms with van der Waals surface area (Å²) in [4.78, 5) is 0. The Morgan fingerprint density at radius 3 is 2.73 bits per heavy atom. The van der Waals surface area contributed by atoms with Crippen molar-refractivity contribution in [3.63, 3.8) is 0 Å². The van der Waals surface area contributed by atoms with Crippen LogP contribution in [0.15, 0.2) is 15.7 Å². The van der Waals surface area contributed by atoms with Gasteiger partial charge in [-0.2, -0.15) is 0 Å². The number of hydrogen-bond acceptors (Lipinski definition) is 4. The third kappa shape index (κ3) is 3.81. The zero-order valence-corrected chi connectivity index (χ0v) is 10.3. The van der Waals surface area contributed by atoms with Crippen molar-refractivity contribution in [2.75, 3.05) is 12.3 Å². The Balaban J connectivity index is 2.53. The molecule has 1 heterocycles. The number of sulfonamides is 1. The highest BCUT2D eigenvalue weighted by Gasteiger charge is 2.14. The molecule has 1 aromatic rings. The van der Waals surface area contributed by atoms with Crippen LogP contribution in [0, 0.1) is 0 Å². The Hall–Kier alpha value is -0.590. The van der Waals surface area contributed by atoms with Crippen LogP contribution in [0.3, 0.4) is 0 Å². The highest BCUT2D eigenvalue weighted by molar-refractivity contribution is 7.91. The molecular weight excluding hydrogens is 232 g/mol. The number of unbranched alkanes of at least 4 members (excludes halogenated alkanes) is 2. The van der Waals surface area contributed by atoms with Gasteiger partial charge in [-0.15, -0.1) is 11.3 Å². The minimum Gasteiger partial charge on any atom is -0.398 e. The second-order valence-electron chi connectivity index (χ2n) is 3.30. The zero-order chi connectivity index (χ0) is 11.3. The molecule has 15 heavy (non-hydrogen) atoms. The van der Waals surface area contributed by atoms with Gasteiger partial charge in [0.1, 0.15) is 4.21 Å². The largest absolute Gasteiger partial charge is 0.398 e. The van der Waals surface area contributed by atoms with Gasteiger partial charge in [0.2, 0.25) is 10.0 Å². The maximum Gasteiger partial charge on any atom is 0.250 e. The van der Waals surface area contributed by atoms with Crippen LogP contribution in [0.5, 0.6) is 0 Å². The Bertz CT molecular complexity index is 398. The average molecular weight is 248 g/mol. The van der Waals surface area contributed by atoms with Gasteiger partial charge in [-0.3, -0.25) is 0 Å². The number of nitrogens with two attached hydrogens (primary N) is 1. The monoisotopic (exact) mass is 248 g/mol. The maximum atomic E-state index is 11.7. The molecule has 0 atom stereocenters. The molecule has 4 nitrogen and oxygen atoms in total. The van der Waals surface area contributed by atoms with Crippen LogP contribution in [0.2, 0.25) is 0 Å². The first-order valence-electron chi connectivity index (χ1n) is 4.90. The van der Waals surface area contributed by atoms with Crippen LogP contribution in [0.1, 0.15) is 26.2 Å². The molecule has 0 fully saturated rings. The van der Waals surface area contributed by atoms with E-state index in [1.165, 1.54) is 6.07 Å². The quantitative estimate of drug-likeness (QED) is 0.754. The van der Waals surface area contributed by atoms with Gasteiger partial charge in [0, 0.05) is 17.6 Å². The molecule has 6 heteroatoms. The Morgan fingerprint density at radius 2 is 2.20 bits per heavy atom. The van der Waals surface area contributed by atoms with E-state index in [0.29, 0.717) is 12.2 Å². The normalized spacial score (nSPS) is 11.8. The molecule has 0 aliphatic heterocycles. The minimum atomic E-state index is -3.33. The van der Waals surface area contributed by atoms with Gasteiger partial charge in [0.25, 0.3) is 0 Å². The van der Waals surface area contributed by atoms with Crippen LogP contribution in [-0.2, 0) is 10.0 Å². The van der Waals surface area contributed by atoms with Gasteiger partial charge in [-0.25, -0.2) is 13.1 Å². The first kappa shape index (κ1) is 12.5. The molecule has 0 aliphatic rings. The summed E-state index contributed by atoms with van der Waals surface area (Å²) in [6.07, 6.45) is 2.99. The van der Waals surface area contributed by atoms with E-state index in [9.17, 15) is 8.42 Å². The number of anilines is 1. The van der Waals surface area contributed by atoms with Crippen LogP contribution in [-0.4, -0.2) is 15.0 Å². The average Bonchev–Trinajstić information content (AvgIpc) is 2.60. The Kier molecular flexibility index (Phi) is 4.56. The van der Waals surface area contributed by atoms with Crippen LogP contribution >= 0.6 is 11.3 Å². The molecule has 0 saturated carbocycles. The third-order valence-electron chi connectivity index (χ3n) is 1.93. The molecule has 3 N–H and O–H groups in total. The van der Waals surface area contributed by atoms with E-state index < -0.39 is 10.0 Å². The summed E-state index contributed by atoms with van der Waals surface area (Å²) in [5.74, 6) is 0. The van der Waals surface area contributed by atoms with Gasteiger partial charge < -0.3 is 5.73 Å². The number of hydrogen-bond donors (Lipinski definition) is 2. The molecule has 86 valence electrons. The van der Waals surface area contributed by atoms with Crippen molar-refractivity contribution in [1.29, 1.82) is 0 Å². The van der Waals surface area contributed by atoms with Crippen molar-refractivity contribution in [3.05, 3.63) is 11.4 Å². The second-order valence-corrected chi connectivity index (χ2v) is 6.21. The van der Waals surface area contributed by atoms with Crippen molar-refractivity contribution >= 4 is 27.0 Å². The number of nitrogen functional groups attached to an aromatic ring is 1. The van der Waals surface area contributed by atoms with Crippen molar-refractivity contribution in [3.8, 4) is 0 Å². The van der Waals surface area contributed by atoms with E-state index in [1.54, 1.807) is 5.38 Å². The van der Waals surface area contributed by atoms with Crippen LogP contribution in [0.4, 0.5) is 5.69 Å². The number of nitrogens with one attached hydrogen (secondary N) is 1. The highest BCUT2D eigenvalue weighted by Crippen LogP contribution is 2.21. The topological polar surface area (TPSA) is 72.2 Å². The summed E-state index contributed by atoms with van der Waals surface area (Å²) >= 11 is 1.14. The van der Waals surface area contributed by atoms with E-state index in [0.717, 1.165) is 30.6 Å². The Morgan fingerprint density at radius 1 is 1.47 bits per heavy atom. The molecule has 0 unspecified atom stereocenters. The van der Waals surface area contributed by atoms with E-state index >= 15 is 0 Å². The van der Waals surface area contributed by atoms with Crippen molar-refractivity contribution in [2.45, 2.75) is 30.4 Å². The lowest BCUT2D eigenvalue weighted by Gasteiger charge is -2.03. The predicted octanol–water partition coefficient (Wildman–Crippen LogP) is 1.80. The summed E-state index contributed by atoms with van der Waals surface area (Å²) in [7, 11) is -3.33. The molecule has 1 rings (SSSR count). The lowest BCUT2D eigenvalue weighted by molar-refractivity contribution is 0.578. The number of thiophene rings is 1. The molecule has 0 radical (unpaired) electrons. The Labute approximate surface area is 94.5 Å². The molecule has 0 bridgehead atoms. The summed E-state index contributed by atoms with van der Waals surface area (Å²) in [6, 6.07) is 1.48. The molecular formula is C9H16N2O2S2. The van der Waals surface area contributed by atoms with Gasteiger partial charge in [0.15, 0.2) is 0 Å². The van der Waals surface area contributed by atoms with E-state index in [2.05, 4.69) is 11.6 Å². The molecule has 0 spiro atoms. The fraction of sp³-hybridized carbons (Fsp3) is 0.556. The second kappa shape index (κ2) is 5.48. The van der Waals surface area contributed by atoms with Gasteiger partial charge >= 0.3 is 0 Å². The highest BCUT2D eigenvalue weighted by atomic mass is 32.2. The SMILES string of the molecule is CCCCCNS(=O)(=O)c1cc(N)cs1. The smallest absolute Gasteiger partial charge is 0.250 e. The van der Waals surface area contributed by atoms with Gasteiger partial charge in [0.05, 0.1) is 0 Å². The molecule has 0 amide bonds. The summed E-state index contributed by atoms with van der Waals surface area (Å²) in [5, 5.41) is 1.63. The molecule has 0 aliphatic carbocycles. The summed E-state index contributed by atoms with van der Waals surface area (Å²) < 4.78 is 26.1. The maximum absolute atomic E-state index is 11.7. The fourth-order valence-electron chi connectivity index (χ4n) is 1.12.